The summed E-state index contributed by atoms with van der Waals surface area (Å²) >= 11 is 6.05. The summed E-state index contributed by atoms with van der Waals surface area (Å²) in [7, 11) is 0. The van der Waals surface area contributed by atoms with Crippen molar-refractivity contribution in [3.8, 4) is 17.3 Å². The van der Waals surface area contributed by atoms with Crippen LogP contribution in [-0.2, 0) is 4.79 Å². The molecule has 1 atom stereocenters. The van der Waals surface area contributed by atoms with E-state index in [0.29, 0.717) is 17.4 Å². The number of nitrogens with one attached hydrogen (secondary N) is 1. The average molecular weight is 483 g/mol. The van der Waals surface area contributed by atoms with Gasteiger partial charge >= 0.3 is 5.69 Å². The van der Waals surface area contributed by atoms with Crippen LogP contribution in [0.1, 0.15) is 43.9 Å². The highest BCUT2D eigenvalue weighted by atomic mass is 35.5. The van der Waals surface area contributed by atoms with Gasteiger partial charge in [0.05, 0.1) is 24.0 Å². The van der Waals surface area contributed by atoms with Crippen LogP contribution in [0.25, 0.3) is 5.69 Å². The molecule has 1 amide bonds. The molecule has 0 saturated carbocycles. The van der Waals surface area contributed by atoms with Crippen LogP contribution < -0.4 is 16.0 Å². The maximum Gasteiger partial charge on any atom is 0.335 e. The topological polar surface area (TPSA) is 117 Å². The zero-order valence-electron chi connectivity index (χ0n) is 18.6. The van der Waals surface area contributed by atoms with Gasteiger partial charge in [-0.25, -0.2) is 14.4 Å². The normalized spacial score (nSPS) is 15.3. The number of nitrogens with zero attached hydrogens (tertiary/aromatic N) is 3. The van der Waals surface area contributed by atoms with E-state index in [2.05, 4.69) is 10.1 Å². The summed E-state index contributed by atoms with van der Waals surface area (Å²) in [5.41, 5.74) is -0.652. The molecule has 1 aliphatic heterocycles. The molecular formula is C24H23ClN4O5. The Kier molecular flexibility index (Phi) is 6.56. The van der Waals surface area contributed by atoms with E-state index in [1.54, 1.807) is 31.2 Å². The number of benzene rings is 2. The third kappa shape index (κ3) is 4.22. The standard InChI is InChI=1S/C24H23ClN4O5/c1-3-20(30)29-18(16-10-5-6-11-19(16)34-4-2)13-17(27-29)21-22(31)26-24(33)28(23(21)32)15-9-7-8-14(25)12-15/h5-12,18,32H,3-4,13H2,1-2H3,(H,26,31,33)/t18-/m1/s1. The number of carbonyl (C=O) groups is 1. The van der Waals surface area contributed by atoms with Gasteiger partial charge in [0.15, 0.2) is 0 Å². The SMILES string of the molecule is CCOc1ccccc1[C@H]1CC(c2c(O)n(-c3cccc(Cl)c3)c(=O)[nH]c2=O)=NN1C(=O)CC. The Bertz CT molecular complexity index is 1390. The molecule has 0 saturated heterocycles. The minimum Gasteiger partial charge on any atom is -0.494 e. The molecule has 1 aliphatic rings. The maximum atomic E-state index is 12.8. The van der Waals surface area contributed by atoms with E-state index >= 15 is 0 Å². The van der Waals surface area contributed by atoms with Crippen LogP contribution in [0, 0.1) is 0 Å². The number of halogens is 1. The number of ether oxygens (including phenoxy) is 1. The molecule has 0 spiro atoms. The summed E-state index contributed by atoms with van der Waals surface area (Å²) < 4.78 is 6.68. The molecule has 176 valence electrons. The number of hydrogen-bond donors (Lipinski definition) is 2. The number of rotatable bonds is 6. The summed E-state index contributed by atoms with van der Waals surface area (Å²) in [6.45, 7) is 4.01. The van der Waals surface area contributed by atoms with Crippen molar-refractivity contribution in [1.29, 1.82) is 0 Å². The Labute approximate surface area is 199 Å². The zero-order chi connectivity index (χ0) is 24.4. The quantitative estimate of drug-likeness (QED) is 0.558. The van der Waals surface area contributed by atoms with E-state index in [0.717, 1.165) is 10.1 Å². The monoisotopic (exact) mass is 482 g/mol. The van der Waals surface area contributed by atoms with Crippen LogP contribution in [0.4, 0.5) is 0 Å². The predicted octanol–water partition coefficient (Wildman–Crippen LogP) is 3.37. The molecule has 2 aromatic carbocycles. The molecular weight excluding hydrogens is 460 g/mol. The highest BCUT2D eigenvalue weighted by Gasteiger charge is 2.36. The number of hydrogen-bond acceptors (Lipinski definition) is 6. The third-order valence-corrected chi connectivity index (χ3v) is 5.72. The van der Waals surface area contributed by atoms with Crippen LogP contribution in [0.2, 0.25) is 5.02 Å². The van der Waals surface area contributed by atoms with Gasteiger partial charge in [-0.1, -0.05) is 42.8 Å². The lowest BCUT2D eigenvalue weighted by Crippen LogP contribution is -2.33. The van der Waals surface area contributed by atoms with Gasteiger partial charge in [0, 0.05) is 23.4 Å². The molecule has 2 N–H and O–H groups in total. The number of aromatic hydroxyl groups is 1. The molecule has 4 rings (SSSR count). The van der Waals surface area contributed by atoms with Crippen molar-refractivity contribution in [3.63, 3.8) is 0 Å². The Morgan fingerprint density at radius 3 is 2.68 bits per heavy atom. The van der Waals surface area contributed by atoms with Crippen molar-refractivity contribution in [3.05, 3.63) is 85.5 Å². The average Bonchev–Trinajstić information content (AvgIpc) is 3.23. The lowest BCUT2D eigenvalue weighted by Gasteiger charge is -2.23. The van der Waals surface area contributed by atoms with E-state index in [-0.39, 0.29) is 35.7 Å². The van der Waals surface area contributed by atoms with Crippen molar-refractivity contribution >= 4 is 23.2 Å². The summed E-state index contributed by atoms with van der Waals surface area (Å²) in [5.74, 6) is -0.245. The molecule has 10 heteroatoms. The van der Waals surface area contributed by atoms with Crippen molar-refractivity contribution in [2.75, 3.05) is 6.61 Å². The van der Waals surface area contributed by atoms with E-state index in [4.69, 9.17) is 16.3 Å². The van der Waals surface area contributed by atoms with Crippen molar-refractivity contribution in [2.45, 2.75) is 32.7 Å². The van der Waals surface area contributed by atoms with Gasteiger partial charge < -0.3 is 9.84 Å². The van der Waals surface area contributed by atoms with E-state index in [1.165, 1.54) is 11.1 Å². The summed E-state index contributed by atoms with van der Waals surface area (Å²) in [4.78, 5) is 40.3. The number of aromatic nitrogens is 2. The van der Waals surface area contributed by atoms with E-state index in [1.807, 2.05) is 25.1 Å². The van der Waals surface area contributed by atoms with Crippen LogP contribution in [0.3, 0.4) is 0 Å². The largest absolute Gasteiger partial charge is 0.494 e. The molecule has 0 unspecified atom stereocenters. The lowest BCUT2D eigenvalue weighted by molar-refractivity contribution is -0.132. The minimum absolute atomic E-state index is 0.139. The van der Waals surface area contributed by atoms with Gasteiger partial charge in [-0.2, -0.15) is 5.10 Å². The van der Waals surface area contributed by atoms with Gasteiger partial charge in [0.25, 0.3) is 5.56 Å². The van der Waals surface area contributed by atoms with Gasteiger partial charge in [-0.05, 0) is 31.2 Å². The summed E-state index contributed by atoms with van der Waals surface area (Å²) in [6, 6.07) is 13.0. The minimum atomic E-state index is -0.827. The number of amides is 1. The summed E-state index contributed by atoms with van der Waals surface area (Å²) in [6.07, 6.45) is 0.328. The molecule has 0 bridgehead atoms. The fraction of sp³-hybridized carbons (Fsp3) is 0.250. The Balaban J connectivity index is 1.85. The molecule has 2 heterocycles. The second-order valence-electron chi connectivity index (χ2n) is 7.60. The molecule has 0 fully saturated rings. The van der Waals surface area contributed by atoms with E-state index < -0.39 is 23.2 Å². The van der Waals surface area contributed by atoms with Gasteiger partial charge in [0.2, 0.25) is 11.8 Å². The molecule has 34 heavy (non-hydrogen) atoms. The lowest BCUT2D eigenvalue weighted by atomic mass is 9.98. The molecule has 3 aromatic rings. The Hall–Kier alpha value is -3.85. The third-order valence-electron chi connectivity index (χ3n) is 5.49. The van der Waals surface area contributed by atoms with Crippen LogP contribution >= 0.6 is 11.6 Å². The highest BCUT2D eigenvalue weighted by Crippen LogP contribution is 2.38. The predicted molar refractivity (Wildman–Crippen MR) is 128 cm³/mol. The number of para-hydroxylation sites is 1. The first-order valence-electron chi connectivity index (χ1n) is 10.8. The van der Waals surface area contributed by atoms with Gasteiger partial charge in [-0.3, -0.25) is 14.6 Å². The van der Waals surface area contributed by atoms with Crippen molar-refractivity contribution in [1.82, 2.24) is 14.6 Å². The van der Waals surface area contributed by atoms with Gasteiger partial charge in [0.1, 0.15) is 11.3 Å². The fourth-order valence-corrected chi connectivity index (χ4v) is 4.16. The highest BCUT2D eigenvalue weighted by molar-refractivity contribution is 6.30. The Morgan fingerprint density at radius 2 is 1.97 bits per heavy atom. The number of aromatic amines is 1. The smallest absolute Gasteiger partial charge is 0.335 e. The second kappa shape index (κ2) is 9.56. The van der Waals surface area contributed by atoms with Gasteiger partial charge in [-0.15, -0.1) is 0 Å². The zero-order valence-corrected chi connectivity index (χ0v) is 19.4. The number of carbonyl (C=O) groups excluding carboxylic acids is 1. The first-order valence-corrected chi connectivity index (χ1v) is 11.2. The second-order valence-corrected chi connectivity index (χ2v) is 8.04. The summed E-state index contributed by atoms with van der Waals surface area (Å²) in [5, 5.41) is 17.1. The molecule has 9 nitrogen and oxygen atoms in total. The fourth-order valence-electron chi connectivity index (χ4n) is 3.98. The number of hydrazone groups is 1. The Morgan fingerprint density at radius 1 is 1.21 bits per heavy atom. The molecule has 0 radical (unpaired) electrons. The van der Waals surface area contributed by atoms with Crippen molar-refractivity contribution < 1.29 is 14.6 Å². The first kappa shape index (κ1) is 23.3. The van der Waals surface area contributed by atoms with Crippen LogP contribution in [0.5, 0.6) is 11.6 Å². The van der Waals surface area contributed by atoms with Crippen molar-refractivity contribution in [2.24, 2.45) is 5.10 Å². The molecule has 1 aromatic heterocycles. The van der Waals surface area contributed by atoms with E-state index in [9.17, 15) is 19.5 Å². The maximum absolute atomic E-state index is 12.8. The van der Waals surface area contributed by atoms with Crippen LogP contribution in [-0.4, -0.2) is 37.9 Å². The number of H-pyrrole nitrogens is 1. The molecule has 0 aliphatic carbocycles. The first-order chi connectivity index (χ1) is 16.3. The van der Waals surface area contributed by atoms with Crippen LogP contribution in [0.15, 0.2) is 63.2 Å².